The Morgan fingerprint density at radius 3 is 2.61 bits per heavy atom. The lowest BCUT2D eigenvalue weighted by molar-refractivity contribution is -0.127. The maximum Gasteiger partial charge on any atom is 0.223 e. The molecule has 2 saturated heterocycles. The first-order valence-corrected chi connectivity index (χ1v) is 12.0. The van der Waals surface area contributed by atoms with Gasteiger partial charge in [0, 0.05) is 44.7 Å². The van der Waals surface area contributed by atoms with Gasteiger partial charge in [-0.2, -0.15) is 4.52 Å². The number of aromatic nitrogens is 4. The van der Waals surface area contributed by atoms with E-state index in [1.807, 2.05) is 12.1 Å². The van der Waals surface area contributed by atoms with Gasteiger partial charge in [-0.05, 0) is 42.4 Å². The Kier molecular flexibility index (Phi) is 6.01. The number of piperidine rings is 2. The lowest BCUT2D eigenvalue weighted by Crippen LogP contribution is -2.56. The van der Waals surface area contributed by atoms with Gasteiger partial charge >= 0.3 is 0 Å². The first-order valence-electron chi connectivity index (χ1n) is 12.0. The van der Waals surface area contributed by atoms with E-state index >= 15 is 0 Å². The molecule has 8 nitrogen and oxygen atoms in total. The summed E-state index contributed by atoms with van der Waals surface area (Å²) in [6, 6.07) is 14.8. The van der Waals surface area contributed by atoms with Crippen molar-refractivity contribution in [1.82, 2.24) is 30.0 Å². The number of carbonyl (C=O) groups is 1. The zero-order valence-corrected chi connectivity index (χ0v) is 19.5. The average molecular weight is 448 g/mol. The smallest absolute Gasteiger partial charge is 0.223 e. The number of likely N-dealkylation sites (tertiary alicyclic amines) is 1. The van der Waals surface area contributed by atoms with Crippen molar-refractivity contribution in [1.29, 1.82) is 0 Å². The van der Waals surface area contributed by atoms with Crippen LogP contribution in [0, 0.1) is 11.3 Å². The van der Waals surface area contributed by atoms with Crippen LogP contribution in [0.25, 0.3) is 5.65 Å². The van der Waals surface area contributed by atoms with Crippen LogP contribution in [0.15, 0.2) is 48.8 Å². The molecule has 0 spiro atoms. The van der Waals surface area contributed by atoms with Crippen molar-refractivity contribution >= 4 is 17.4 Å². The van der Waals surface area contributed by atoms with Gasteiger partial charge in [0.25, 0.3) is 0 Å². The van der Waals surface area contributed by atoms with Crippen LogP contribution in [0.2, 0.25) is 0 Å². The van der Waals surface area contributed by atoms with E-state index in [0.717, 1.165) is 63.5 Å². The topological polar surface area (TPSA) is 78.7 Å². The number of nitrogens with one attached hydrogen (secondary N) is 1. The van der Waals surface area contributed by atoms with Gasteiger partial charge in [0.2, 0.25) is 5.91 Å². The van der Waals surface area contributed by atoms with Crippen LogP contribution in [0.1, 0.15) is 38.7 Å². The van der Waals surface area contributed by atoms with E-state index in [0.29, 0.717) is 0 Å². The van der Waals surface area contributed by atoms with E-state index in [1.165, 1.54) is 5.56 Å². The Morgan fingerprint density at radius 2 is 1.85 bits per heavy atom. The number of hydrogen-bond acceptors (Lipinski definition) is 6. The lowest BCUT2D eigenvalue weighted by Gasteiger charge is -2.45. The molecule has 174 valence electrons. The number of hydrogen-bond donors (Lipinski definition) is 1. The van der Waals surface area contributed by atoms with E-state index in [1.54, 1.807) is 10.8 Å². The van der Waals surface area contributed by atoms with E-state index in [-0.39, 0.29) is 23.3 Å². The van der Waals surface area contributed by atoms with Crippen LogP contribution in [-0.4, -0.2) is 62.8 Å². The first-order chi connectivity index (χ1) is 16.0. The number of nitrogens with zero attached hydrogens (tertiary/aromatic N) is 6. The predicted octanol–water partition coefficient (Wildman–Crippen LogP) is 2.76. The number of carbonyl (C=O) groups excluding carboxylic acids is 1. The van der Waals surface area contributed by atoms with Gasteiger partial charge in [-0.3, -0.25) is 9.69 Å². The summed E-state index contributed by atoms with van der Waals surface area (Å²) in [6.07, 6.45) is 4.31. The summed E-state index contributed by atoms with van der Waals surface area (Å²) < 4.78 is 1.69. The van der Waals surface area contributed by atoms with E-state index in [4.69, 9.17) is 0 Å². The van der Waals surface area contributed by atoms with Crippen molar-refractivity contribution in [2.75, 3.05) is 31.1 Å². The molecule has 2 aliphatic heterocycles. The van der Waals surface area contributed by atoms with Crippen LogP contribution in [0.5, 0.6) is 0 Å². The maximum absolute atomic E-state index is 13.1. The Hall–Kier alpha value is -3.00. The standard InChI is InChI=1S/C25H33N7O/c1-25(2)17-30(16-19-6-4-3-5-7-19)13-12-21(25)27-24(33)20-10-14-31(15-11-20)23-9-8-22-28-26-18-32(22)29-23/h3-9,18,20-21H,10-17H2,1-2H3,(H,27,33)/t21-/m1/s1. The minimum atomic E-state index is 0.0432. The highest BCUT2D eigenvalue weighted by Crippen LogP contribution is 2.31. The predicted molar refractivity (Wildman–Crippen MR) is 128 cm³/mol. The molecule has 0 unspecified atom stereocenters. The summed E-state index contributed by atoms with van der Waals surface area (Å²) in [5.74, 6) is 1.19. The second kappa shape index (κ2) is 9.09. The molecule has 3 aromatic rings. The fourth-order valence-electron chi connectivity index (χ4n) is 5.26. The molecule has 8 heteroatoms. The monoisotopic (exact) mass is 447 g/mol. The van der Waals surface area contributed by atoms with Crippen molar-refractivity contribution in [3.63, 3.8) is 0 Å². The molecule has 1 N–H and O–H groups in total. The van der Waals surface area contributed by atoms with Crippen LogP contribution < -0.4 is 10.2 Å². The van der Waals surface area contributed by atoms with Crippen LogP contribution in [-0.2, 0) is 11.3 Å². The number of anilines is 1. The first kappa shape index (κ1) is 21.8. The molecule has 2 aromatic heterocycles. The third kappa shape index (κ3) is 4.85. The molecule has 0 aliphatic carbocycles. The van der Waals surface area contributed by atoms with Gasteiger partial charge in [-0.15, -0.1) is 15.3 Å². The largest absolute Gasteiger partial charge is 0.355 e. The van der Waals surface area contributed by atoms with Gasteiger partial charge in [0.05, 0.1) is 0 Å². The Balaban J connectivity index is 1.13. The highest BCUT2D eigenvalue weighted by molar-refractivity contribution is 5.79. The molecule has 1 aromatic carbocycles. The Bertz CT molecular complexity index is 1090. The summed E-state index contributed by atoms with van der Waals surface area (Å²) in [7, 11) is 0. The van der Waals surface area contributed by atoms with Crippen molar-refractivity contribution in [3.05, 3.63) is 54.4 Å². The molecule has 0 radical (unpaired) electrons. The third-order valence-electron chi connectivity index (χ3n) is 7.21. The summed E-state index contributed by atoms with van der Waals surface area (Å²) in [5.41, 5.74) is 2.13. The maximum atomic E-state index is 13.1. The molecule has 1 atom stereocenters. The van der Waals surface area contributed by atoms with E-state index < -0.39 is 0 Å². The molecule has 5 rings (SSSR count). The van der Waals surface area contributed by atoms with Crippen LogP contribution >= 0.6 is 0 Å². The number of rotatable bonds is 5. The minimum Gasteiger partial charge on any atom is -0.355 e. The fraction of sp³-hybridized carbons (Fsp3) is 0.520. The lowest BCUT2D eigenvalue weighted by atomic mass is 9.78. The quantitative estimate of drug-likeness (QED) is 0.648. The normalized spacial score (nSPS) is 21.9. The molecule has 0 saturated carbocycles. The Morgan fingerprint density at radius 1 is 1.06 bits per heavy atom. The van der Waals surface area contributed by atoms with E-state index in [2.05, 4.69) is 74.6 Å². The summed E-state index contributed by atoms with van der Waals surface area (Å²) in [4.78, 5) is 17.9. The van der Waals surface area contributed by atoms with Gasteiger partial charge in [-0.1, -0.05) is 44.2 Å². The van der Waals surface area contributed by atoms with Crippen LogP contribution in [0.4, 0.5) is 5.82 Å². The van der Waals surface area contributed by atoms with Crippen molar-refractivity contribution < 1.29 is 4.79 Å². The highest BCUT2D eigenvalue weighted by Gasteiger charge is 2.38. The number of fused-ring (bicyclic) bond motifs is 1. The zero-order chi connectivity index (χ0) is 22.8. The highest BCUT2D eigenvalue weighted by atomic mass is 16.2. The third-order valence-corrected chi connectivity index (χ3v) is 7.21. The van der Waals surface area contributed by atoms with Crippen molar-refractivity contribution in [2.24, 2.45) is 11.3 Å². The molecule has 2 aliphatic rings. The Labute approximate surface area is 195 Å². The number of amides is 1. The molecule has 0 bridgehead atoms. The van der Waals surface area contributed by atoms with Gasteiger partial charge in [-0.25, -0.2) is 0 Å². The SMILES string of the molecule is CC1(C)CN(Cc2ccccc2)CC[C@H]1NC(=O)C1CCN(c2ccc3nncn3n2)CC1. The molecular weight excluding hydrogens is 414 g/mol. The second-order valence-corrected chi connectivity index (χ2v) is 10.1. The summed E-state index contributed by atoms with van der Waals surface area (Å²) >= 11 is 0. The molecule has 1 amide bonds. The zero-order valence-electron chi connectivity index (χ0n) is 19.5. The molecule has 4 heterocycles. The van der Waals surface area contributed by atoms with Gasteiger partial charge in [0.15, 0.2) is 5.65 Å². The second-order valence-electron chi connectivity index (χ2n) is 10.1. The minimum absolute atomic E-state index is 0.0432. The molecular formula is C25H33N7O. The average Bonchev–Trinajstić information content (AvgIpc) is 3.29. The molecule has 33 heavy (non-hydrogen) atoms. The van der Waals surface area contributed by atoms with Crippen molar-refractivity contribution in [2.45, 2.75) is 45.7 Å². The molecule has 2 fully saturated rings. The van der Waals surface area contributed by atoms with E-state index in [9.17, 15) is 4.79 Å². The number of benzene rings is 1. The summed E-state index contributed by atoms with van der Waals surface area (Å²) in [5, 5.41) is 15.9. The van der Waals surface area contributed by atoms with Crippen molar-refractivity contribution in [3.8, 4) is 0 Å². The van der Waals surface area contributed by atoms with Gasteiger partial charge < -0.3 is 10.2 Å². The fourth-order valence-corrected chi connectivity index (χ4v) is 5.26. The van der Waals surface area contributed by atoms with Crippen LogP contribution in [0.3, 0.4) is 0 Å². The summed E-state index contributed by atoms with van der Waals surface area (Å²) in [6.45, 7) is 9.20. The van der Waals surface area contributed by atoms with Gasteiger partial charge in [0.1, 0.15) is 12.1 Å².